The van der Waals surface area contributed by atoms with Crippen LogP contribution in [-0.4, -0.2) is 42.0 Å². The van der Waals surface area contributed by atoms with Crippen molar-refractivity contribution < 1.29 is 4.79 Å². The molecule has 1 aliphatic heterocycles. The molecule has 1 fully saturated rings. The number of likely N-dealkylation sites (N-methyl/N-ethyl adjacent to an activating group) is 1. The number of hydrogen-bond acceptors (Lipinski definition) is 3. The van der Waals surface area contributed by atoms with E-state index in [1.807, 2.05) is 24.1 Å². The molecule has 1 aliphatic rings. The normalized spacial score (nSPS) is 17.8. The summed E-state index contributed by atoms with van der Waals surface area (Å²) in [5.41, 5.74) is 1.85. The van der Waals surface area contributed by atoms with Crippen molar-refractivity contribution in [2.75, 3.05) is 25.0 Å². The minimum atomic E-state index is 0.0266. The zero-order valence-corrected chi connectivity index (χ0v) is 14.7. The van der Waals surface area contributed by atoms with Crippen LogP contribution in [0.15, 0.2) is 53.3 Å². The van der Waals surface area contributed by atoms with E-state index in [9.17, 15) is 4.79 Å². The summed E-state index contributed by atoms with van der Waals surface area (Å²) in [6.07, 6.45) is 5.44. The van der Waals surface area contributed by atoms with Crippen molar-refractivity contribution >= 4 is 27.5 Å². The van der Waals surface area contributed by atoms with Crippen LogP contribution >= 0.6 is 15.9 Å². The monoisotopic (exact) mass is 373 g/mol. The number of hydrogen-bond donors (Lipinski definition) is 0. The third kappa shape index (κ3) is 3.72. The molecule has 1 amide bonds. The van der Waals surface area contributed by atoms with Gasteiger partial charge in [0.05, 0.1) is 5.56 Å². The summed E-state index contributed by atoms with van der Waals surface area (Å²) in [7, 11) is 1.89. The number of piperidine rings is 1. The van der Waals surface area contributed by atoms with E-state index in [0.29, 0.717) is 5.56 Å². The Balaban J connectivity index is 1.72. The van der Waals surface area contributed by atoms with E-state index in [1.165, 1.54) is 5.69 Å². The zero-order valence-electron chi connectivity index (χ0n) is 13.2. The predicted molar refractivity (Wildman–Crippen MR) is 95.7 cm³/mol. The molecule has 1 unspecified atom stereocenters. The van der Waals surface area contributed by atoms with E-state index in [4.69, 9.17) is 0 Å². The van der Waals surface area contributed by atoms with Gasteiger partial charge in [-0.3, -0.25) is 9.78 Å². The standard InChI is InChI=1S/C18H20BrN3O/c1-21(18(23)14-10-15(19)12-20-11-14)17-8-5-9-22(13-17)16-6-3-2-4-7-16/h2-4,6-7,10-12,17H,5,8-9,13H2,1H3. The number of anilines is 1. The van der Waals surface area contributed by atoms with Crippen molar-refractivity contribution in [2.24, 2.45) is 0 Å². The minimum absolute atomic E-state index is 0.0266. The zero-order chi connectivity index (χ0) is 16.2. The Labute approximate surface area is 145 Å². The molecule has 1 atom stereocenters. The van der Waals surface area contributed by atoms with Crippen LogP contribution in [0.5, 0.6) is 0 Å². The van der Waals surface area contributed by atoms with E-state index in [-0.39, 0.29) is 11.9 Å². The Bertz CT molecular complexity index is 677. The summed E-state index contributed by atoms with van der Waals surface area (Å²) in [6.45, 7) is 1.91. The first-order chi connectivity index (χ1) is 11.1. The fourth-order valence-corrected chi connectivity index (χ4v) is 3.41. The number of halogens is 1. The average molecular weight is 374 g/mol. The third-order valence-electron chi connectivity index (χ3n) is 4.34. The summed E-state index contributed by atoms with van der Waals surface area (Å²) < 4.78 is 0.825. The van der Waals surface area contributed by atoms with Gasteiger partial charge in [0.15, 0.2) is 0 Å². The van der Waals surface area contributed by atoms with Crippen LogP contribution in [0.2, 0.25) is 0 Å². The molecule has 0 saturated carbocycles. The number of nitrogens with zero attached hydrogens (tertiary/aromatic N) is 3. The maximum atomic E-state index is 12.7. The van der Waals surface area contributed by atoms with Gasteiger partial charge in [-0.15, -0.1) is 0 Å². The van der Waals surface area contributed by atoms with Crippen LogP contribution in [0.25, 0.3) is 0 Å². The predicted octanol–water partition coefficient (Wildman–Crippen LogP) is 3.59. The molecule has 1 saturated heterocycles. The Morgan fingerprint density at radius 1 is 1.30 bits per heavy atom. The van der Waals surface area contributed by atoms with Gasteiger partial charge in [-0.2, -0.15) is 0 Å². The van der Waals surface area contributed by atoms with Gasteiger partial charge in [0, 0.05) is 48.7 Å². The molecule has 5 heteroatoms. The molecule has 2 aromatic rings. The van der Waals surface area contributed by atoms with Crippen LogP contribution in [0.1, 0.15) is 23.2 Å². The molecule has 1 aromatic heterocycles. The van der Waals surface area contributed by atoms with Crippen LogP contribution in [0.4, 0.5) is 5.69 Å². The van der Waals surface area contributed by atoms with Crippen LogP contribution in [0.3, 0.4) is 0 Å². The van der Waals surface area contributed by atoms with Gasteiger partial charge in [0.2, 0.25) is 0 Å². The Morgan fingerprint density at radius 3 is 2.83 bits per heavy atom. The highest BCUT2D eigenvalue weighted by molar-refractivity contribution is 9.10. The van der Waals surface area contributed by atoms with Crippen molar-refractivity contribution in [1.29, 1.82) is 0 Å². The van der Waals surface area contributed by atoms with Crippen LogP contribution in [0, 0.1) is 0 Å². The maximum absolute atomic E-state index is 12.7. The van der Waals surface area contributed by atoms with E-state index < -0.39 is 0 Å². The number of pyridine rings is 1. The average Bonchev–Trinajstić information content (AvgIpc) is 2.61. The lowest BCUT2D eigenvalue weighted by atomic mass is 10.0. The Kier molecular flexibility index (Phi) is 4.96. The molecule has 120 valence electrons. The number of carbonyl (C=O) groups excluding carboxylic acids is 1. The topological polar surface area (TPSA) is 36.4 Å². The highest BCUT2D eigenvalue weighted by atomic mass is 79.9. The first-order valence-electron chi connectivity index (χ1n) is 7.83. The number of amides is 1. The van der Waals surface area contributed by atoms with Gasteiger partial charge in [0.1, 0.15) is 0 Å². The number of para-hydroxylation sites is 1. The highest BCUT2D eigenvalue weighted by Crippen LogP contribution is 2.23. The van der Waals surface area contributed by atoms with Crippen molar-refractivity contribution in [3.05, 3.63) is 58.8 Å². The van der Waals surface area contributed by atoms with Gasteiger partial charge in [-0.1, -0.05) is 18.2 Å². The molecule has 3 rings (SSSR count). The molecule has 0 radical (unpaired) electrons. The molecule has 0 N–H and O–H groups in total. The van der Waals surface area contributed by atoms with Crippen molar-refractivity contribution in [3.63, 3.8) is 0 Å². The number of carbonyl (C=O) groups is 1. The summed E-state index contributed by atoms with van der Waals surface area (Å²) in [5, 5.41) is 0. The lowest BCUT2D eigenvalue weighted by Gasteiger charge is -2.38. The van der Waals surface area contributed by atoms with Gasteiger partial charge >= 0.3 is 0 Å². The van der Waals surface area contributed by atoms with Crippen molar-refractivity contribution in [3.8, 4) is 0 Å². The van der Waals surface area contributed by atoms with E-state index in [1.54, 1.807) is 12.4 Å². The largest absolute Gasteiger partial charge is 0.369 e. The molecule has 0 spiro atoms. The summed E-state index contributed by atoms with van der Waals surface area (Å²) >= 11 is 3.37. The maximum Gasteiger partial charge on any atom is 0.255 e. The van der Waals surface area contributed by atoms with E-state index >= 15 is 0 Å². The number of aromatic nitrogens is 1. The van der Waals surface area contributed by atoms with Gasteiger partial charge in [0.25, 0.3) is 5.91 Å². The molecule has 23 heavy (non-hydrogen) atoms. The van der Waals surface area contributed by atoms with Crippen molar-refractivity contribution in [1.82, 2.24) is 9.88 Å². The smallest absolute Gasteiger partial charge is 0.255 e. The third-order valence-corrected chi connectivity index (χ3v) is 4.77. The molecular formula is C18H20BrN3O. The molecular weight excluding hydrogens is 354 g/mol. The van der Waals surface area contributed by atoms with Crippen LogP contribution < -0.4 is 4.90 Å². The van der Waals surface area contributed by atoms with Gasteiger partial charge in [-0.05, 0) is 47.0 Å². The Hall–Kier alpha value is -1.88. The summed E-state index contributed by atoms with van der Waals surface area (Å²) in [6, 6.07) is 12.4. The number of rotatable bonds is 3. The fourth-order valence-electron chi connectivity index (χ4n) is 3.04. The van der Waals surface area contributed by atoms with E-state index in [2.05, 4.69) is 50.1 Å². The lowest BCUT2D eigenvalue weighted by molar-refractivity contribution is 0.0717. The first-order valence-corrected chi connectivity index (χ1v) is 8.62. The first kappa shape index (κ1) is 16.0. The molecule has 0 aliphatic carbocycles. The SMILES string of the molecule is CN(C(=O)c1cncc(Br)c1)C1CCCN(c2ccccc2)C1. The van der Waals surface area contributed by atoms with Crippen LogP contribution in [-0.2, 0) is 0 Å². The lowest BCUT2D eigenvalue weighted by Crippen LogP contribution is -2.48. The van der Waals surface area contributed by atoms with Crippen molar-refractivity contribution in [2.45, 2.75) is 18.9 Å². The second kappa shape index (κ2) is 7.13. The van der Waals surface area contributed by atoms with Gasteiger partial charge < -0.3 is 9.80 Å². The minimum Gasteiger partial charge on any atom is -0.369 e. The summed E-state index contributed by atoms with van der Waals surface area (Å²) in [5.74, 6) is 0.0266. The van der Waals surface area contributed by atoms with Gasteiger partial charge in [-0.25, -0.2) is 0 Å². The second-order valence-electron chi connectivity index (χ2n) is 5.89. The van der Waals surface area contributed by atoms with E-state index in [0.717, 1.165) is 30.4 Å². The Morgan fingerprint density at radius 2 is 2.09 bits per heavy atom. The fraction of sp³-hybridized carbons (Fsp3) is 0.333. The highest BCUT2D eigenvalue weighted by Gasteiger charge is 2.27. The molecule has 1 aromatic carbocycles. The quantitative estimate of drug-likeness (QED) is 0.824. The second-order valence-corrected chi connectivity index (χ2v) is 6.80. The summed E-state index contributed by atoms with van der Waals surface area (Å²) in [4.78, 5) is 21.0. The molecule has 2 heterocycles. The molecule has 0 bridgehead atoms. The molecule has 4 nitrogen and oxygen atoms in total. The number of benzene rings is 1.